The third kappa shape index (κ3) is 3.47. The monoisotopic (exact) mass is 361 g/mol. The predicted molar refractivity (Wildman–Crippen MR) is 108 cm³/mol. The Hall–Kier alpha value is -3.03. The van der Waals surface area contributed by atoms with E-state index in [2.05, 4.69) is 39.5 Å². The summed E-state index contributed by atoms with van der Waals surface area (Å²) in [5, 5.41) is 8.67. The van der Waals surface area contributed by atoms with Crippen LogP contribution in [0.15, 0.2) is 48.8 Å². The van der Waals surface area contributed by atoms with Crippen LogP contribution in [0.2, 0.25) is 0 Å². The molecule has 3 N–H and O–H groups in total. The zero-order valence-corrected chi connectivity index (χ0v) is 15.6. The van der Waals surface area contributed by atoms with E-state index in [1.807, 2.05) is 37.5 Å². The second kappa shape index (κ2) is 7.30. The summed E-state index contributed by atoms with van der Waals surface area (Å²) in [6.45, 7) is 2.59. The summed E-state index contributed by atoms with van der Waals surface area (Å²) >= 11 is 0. The number of nitrogens with one attached hydrogen (secondary N) is 1. The summed E-state index contributed by atoms with van der Waals surface area (Å²) in [7, 11) is 4.02. The van der Waals surface area contributed by atoms with Gasteiger partial charge >= 0.3 is 0 Å². The highest BCUT2D eigenvalue weighted by Gasteiger charge is 2.13. The van der Waals surface area contributed by atoms with Gasteiger partial charge in [0.15, 0.2) is 5.65 Å². The van der Waals surface area contributed by atoms with Crippen LogP contribution in [-0.2, 0) is 6.54 Å². The lowest BCUT2D eigenvalue weighted by Gasteiger charge is -2.16. The smallest absolute Gasteiger partial charge is 0.165 e. The van der Waals surface area contributed by atoms with Crippen LogP contribution in [0.5, 0.6) is 0 Å². The van der Waals surface area contributed by atoms with Crippen molar-refractivity contribution in [2.24, 2.45) is 0 Å². The number of fused-ring (bicyclic) bond motifs is 2. The lowest BCUT2D eigenvalue weighted by Crippen LogP contribution is -2.27. The molecule has 3 heterocycles. The van der Waals surface area contributed by atoms with Gasteiger partial charge in [-0.2, -0.15) is 9.61 Å². The van der Waals surface area contributed by atoms with Gasteiger partial charge < -0.3 is 11.1 Å². The van der Waals surface area contributed by atoms with E-state index in [1.54, 1.807) is 10.7 Å². The standard InChI is InChI=1S/C20H23N7/c1-22-7-8-26(2)13-16-10-19(21)27-20(25-16)17(12-24-27)15-9-14-5-3-4-6-18(14)23-11-15/h3-6,9-12,22H,7-8,13,21H2,1-2H3. The maximum atomic E-state index is 6.23. The summed E-state index contributed by atoms with van der Waals surface area (Å²) in [6, 6.07) is 12.1. The number of para-hydroxylation sites is 1. The summed E-state index contributed by atoms with van der Waals surface area (Å²) in [5.74, 6) is 0.581. The van der Waals surface area contributed by atoms with Crippen molar-refractivity contribution in [1.29, 1.82) is 0 Å². The molecule has 7 heteroatoms. The topological polar surface area (TPSA) is 84.4 Å². The Morgan fingerprint density at radius 1 is 1.19 bits per heavy atom. The van der Waals surface area contributed by atoms with Crippen LogP contribution in [-0.4, -0.2) is 51.7 Å². The normalized spacial score (nSPS) is 11.7. The van der Waals surface area contributed by atoms with E-state index < -0.39 is 0 Å². The average molecular weight is 361 g/mol. The van der Waals surface area contributed by atoms with Gasteiger partial charge in [-0.05, 0) is 26.2 Å². The van der Waals surface area contributed by atoms with Crippen LogP contribution in [0.1, 0.15) is 5.69 Å². The maximum absolute atomic E-state index is 6.23. The van der Waals surface area contributed by atoms with Gasteiger partial charge in [-0.1, -0.05) is 18.2 Å². The summed E-state index contributed by atoms with van der Waals surface area (Å²) in [6.07, 6.45) is 3.67. The van der Waals surface area contributed by atoms with E-state index in [0.717, 1.165) is 53.0 Å². The Balaban J connectivity index is 1.74. The number of anilines is 1. The van der Waals surface area contributed by atoms with Crippen LogP contribution in [0, 0.1) is 0 Å². The second-order valence-corrected chi connectivity index (χ2v) is 6.72. The van der Waals surface area contributed by atoms with Crippen molar-refractivity contribution in [1.82, 2.24) is 29.8 Å². The molecule has 7 nitrogen and oxygen atoms in total. The molecule has 4 rings (SSSR count). The fraction of sp³-hybridized carbons (Fsp3) is 0.250. The quantitative estimate of drug-likeness (QED) is 0.548. The van der Waals surface area contributed by atoms with Crippen LogP contribution in [0.25, 0.3) is 27.7 Å². The Labute approximate surface area is 157 Å². The summed E-state index contributed by atoms with van der Waals surface area (Å²) in [4.78, 5) is 11.6. The number of nitrogens with zero attached hydrogens (tertiary/aromatic N) is 5. The first kappa shape index (κ1) is 17.4. The SMILES string of the molecule is CNCCN(C)Cc1cc(N)n2ncc(-c3cnc4ccccc4c3)c2n1. The molecule has 3 aromatic heterocycles. The lowest BCUT2D eigenvalue weighted by molar-refractivity contribution is 0.324. The minimum Gasteiger partial charge on any atom is -0.384 e. The number of benzene rings is 1. The van der Waals surface area contributed by atoms with Gasteiger partial charge in [0, 0.05) is 48.4 Å². The number of nitrogens with two attached hydrogens (primary N) is 1. The third-order valence-electron chi connectivity index (χ3n) is 4.63. The van der Waals surface area contributed by atoms with E-state index >= 15 is 0 Å². The van der Waals surface area contributed by atoms with Gasteiger partial charge in [-0.3, -0.25) is 9.88 Å². The number of pyridine rings is 1. The largest absolute Gasteiger partial charge is 0.384 e. The van der Waals surface area contributed by atoms with Gasteiger partial charge in [-0.15, -0.1) is 0 Å². The minimum atomic E-state index is 0.581. The summed E-state index contributed by atoms with van der Waals surface area (Å²) < 4.78 is 1.68. The maximum Gasteiger partial charge on any atom is 0.165 e. The van der Waals surface area contributed by atoms with E-state index in [4.69, 9.17) is 10.7 Å². The molecule has 27 heavy (non-hydrogen) atoms. The first-order chi connectivity index (χ1) is 13.2. The molecule has 0 aliphatic rings. The highest BCUT2D eigenvalue weighted by molar-refractivity contribution is 5.86. The Kier molecular flexibility index (Phi) is 4.70. The number of aromatic nitrogens is 4. The van der Waals surface area contributed by atoms with Gasteiger partial charge in [0.2, 0.25) is 0 Å². The van der Waals surface area contributed by atoms with E-state index in [-0.39, 0.29) is 0 Å². The van der Waals surface area contributed by atoms with Crippen molar-refractivity contribution in [3.05, 3.63) is 54.5 Å². The number of nitrogen functional groups attached to an aromatic ring is 1. The van der Waals surface area contributed by atoms with Crippen LogP contribution < -0.4 is 11.1 Å². The molecule has 0 atom stereocenters. The fourth-order valence-corrected chi connectivity index (χ4v) is 3.20. The zero-order valence-electron chi connectivity index (χ0n) is 15.6. The molecular formula is C20H23N7. The Morgan fingerprint density at radius 2 is 2.04 bits per heavy atom. The molecule has 0 amide bonds. The van der Waals surface area contributed by atoms with Crippen LogP contribution >= 0.6 is 0 Å². The third-order valence-corrected chi connectivity index (χ3v) is 4.63. The first-order valence-corrected chi connectivity index (χ1v) is 8.97. The van der Waals surface area contributed by atoms with E-state index in [1.165, 1.54) is 0 Å². The minimum absolute atomic E-state index is 0.581. The van der Waals surface area contributed by atoms with E-state index in [0.29, 0.717) is 5.82 Å². The molecule has 0 aliphatic carbocycles. The number of hydrogen-bond donors (Lipinski definition) is 2. The molecule has 4 aromatic rings. The molecule has 1 aromatic carbocycles. The highest BCUT2D eigenvalue weighted by atomic mass is 15.3. The summed E-state index contributed by atoms with van der Waals surface area (Å²) in [5.41, 5.74) is 10.8. The van der Waals surface area contributed by atoms with Crippen molar-refractivity contribution in [2.45, 2.75) is 6.54 Å². The van der Waals surface area contributed by atoms with Gasteiger partial charge in [-0.25, -0.2) is 4.98 Å². The van der Waals surface area contributed by atoms with Gasteiger partial charge in [0.1, 0.15) is 5.82 Å². The van der Waals surface area contributed by atoms with Crippen molar-refractivity contribution in [3.8, 4) is 11.1 Å². The number of hydrogen-bond acceptors (Lipinski definition) is 6. The molecular weight excluding hydrogens is 338 g/mol. The molecule has 138 valence electrons. The first-order valence-electron chi connectivity index (χ1n) is 8.97. The van der Waals surface area contributed by atoms with Crippen LogP contribution in [0.4, 0.5) is 5.82 Å². The van der Waals surface area contributed by atoms with Crippen molar-refractivity contribution >= 4 is 22.4 Å². The zero-order chi connectivity index (χ0) is 18.8. The molecule has 0 unspecified atom stereocenters. The predicted octanol–water partition coefficient (Wildman–Crippen LogP) is 2.18. The molecule has 0 saturated heterocycles. The molecule has 0 bridgehead atoms. The Morgan fingerprint density at radius 3 is 2.89 bits per heavy atom. The number of rotatable bonds is 6. The fourth-order valence-electron chi connectivity index (χ4n) is 3.20. The van der Waals surface area contributed by atoms with Crippen molar-refractivity contribution in [3.63, 3.8) is 0 Å². The van der Waals surface area contributed by atoms with Gasteiger partial charge in [0.25, 0.3) is 0 Å². The van der Waals surface area contributed by atoms with Crippen LogP contribution in [0.3, 0.4) is 0 Å². The Bertz CT molecular complexity index is 1090. The molecule has 0 saturated carbocycles. The van der Waals surface area contributed by atoms with Gasteiger partial charge in [0.05, 0.1) is 17.4 Å². The number of likely N-dealkylation sites (N-methyl/N-ethyl adjacent to an activating group) is 2. The molecule has 0 radical (unpaired) electrons. The van der Waals surface area contributed by atoms with E-state index in [9.17, 15) is 0 Å². The highest BCUT2D eigenvalue weighted by Crippen LogP contribution is 2.27. The molecule has 0 fully saturated rings. The second-order valence-electron chi connectivity index (χ2n) is 6.72. The molecule has 0 spiro atoms. The molecule has 0 aliphatic heterocycles. The van der Waals surface area contributed by atoms with Crippen molar-refractivity contribution in [2.75, 3.05) is 32.9 Å². The average Bonchev–Trinajstić information content (AvgIpc) is 3.10. The lowest BCUT2D eigenvalue weighted by atomic mass is 10.1. The van der Waals surface area contributed by atoms with Crippen molar-refractivity contribution < 1.29 is 0 Å².